The molecule has 0 aliphatic heterocycles. The van der Waals surface area contributed by atoms with Gasteiger partial charge in [0.15, 0.2) is 0 Å². The quantitative estimate of drug-likeness (QED) is 0.174. The van der Waals surface area contributed by atoms with Gasteiger partial charge in [0, 0.05) is 6.42 Å². The Hall–Kier alpha value is -0.330. The molecule has 0 saturated carbocycles. The maximum Gasteiger partial charge on any atom is 0.119 e. The summed E-state index contributed by atoms with van der Waals surface area (Å²) in [6.45, 7) is 4.69. The Morgan fingerprint density at radius 2 is 0.957 bits per heavy atom. The van der Waals surface area contributed by atoms with Gasteiger partial charge in [0.25, 0.3) is 0 Å². The number of rotatable bonds is 19. The number of hydrogen-bond donors (Lipinski definition) is 0. The molecule has 0 radical (unpaired) electrons. The van der Waals surface area contributed by atoms with E-state index in [-0.39, 0.29) is 0 Å². The zero-order valence-electron chi connectivity index (χ0n) is 16.3. The minimum atomic E-state index is 0.762. The van der Waals surface area contributed by atoms with Gasteiger partial charge in [-0.3, -0.25) is 0 Å². The molecule has 1 unspecified atom stereocenters. The number of carbonyl (C=O) groups is 1. The fourth-order valence-electron chi connectivity index (χ4n) is 3.22. The fraction of sp³-hybridized carbons (Fsp3) is 0.955. The fourth-order valence-corrected chi connectivity index (χ4v) is 3.22. The zero-order valence-corrected chi connectivity index (χ0v) is 16.3. The summed E-state index contributed by atoms with van der Waals surface area (Å²) in [5.74, 6) is 0.936. The molecule has 0 aromatic heterocycles. The van der Waals surface area contributed by atoms with Gasteiger partial charge in [-0.1, -0.05) is 117 Å². The molecular weight excluding hydrogens is 280 g/mol. The maximum absolute atomic E-state index is 10.2. The van der Waals surface area contributed by atoms with Crippen molar-refractivity contribution >= 4 is 6.29 Å². The standard InChI is InChI=1S/C22H44O/c1-3-22(2)20-18-16-14-12-10-8-6-4-5-7-9-11-13-15-17-19-21-23/h21-22H,3-20H2,1-2H3. The van der Waals surface area contributed by atoms with Gasteiger partial charge < -0.3 is 4.79 Å². The van der Waals surface area contributed by atoms with E-state index >= 15 is 0 Å². The number of unbranched alkanes of at least 4 members (excludes halogenated alkanes) is 15. The number of aldehydes is 1. The highest BCUT2D eigenvalue weighted by molar-refractivity contribution is 5.48. The Bertz CT molecular complexity index is 224. The van der Waals surface area contributed by atoms with E-state index in [9.17, 15) is 4.79 Å². The highest BCUT2D eigenvalue weighted by Gasteiger charge is 1.98. The van der Waals surface area contributed by atoms with Crippen LogP contribution in [0.3, 0.4) is 0 Å². The average Bonchev–Trinajstić information content (AvgIpc) is 2.57. The minimum absolute atomic E-state index is 0.762. The van der Waals surface area contributed by atoms with Gasteiger partial charge in [0.1, 0.15) is 6.29 Å². The summed E-state index contributed by atoms with van der Waals surface area (Å²) in [6, 6.07) is 0. The van der Waals surface area contributed by atoms with Crippen LogP contribution in [0.25, 0.3) is 0 Å². The molecule has 0 bridgehead atoms. The molecule has 0 amide bonds. The zero-order chi connectivity index (χ0) is 17.0. The van der Waals surface area contributed by atoms with E-state index in [4.69, 9.17) is 0 Å². The van der Waals surface area contributed by atoms with E-state index in [1.54, 1.807) is 0 Å². The molecule has 0 spiro atoms. The van der Waals surface area contributed by atoms with E-state index in [0.29, 0.717) is 0 Å². The van der Waals surface area contributed by atoms with Crippen LogP contribution in [-0.4, -0.2) is 6.29 Å². The van der Waals surface area contributed by atoms with Gasteiger partial charge in [-0.2, -0.15) is 0 Å². The Morgan fingerprint density at radius 1 is 0.609 bits per heavy atom. The molecule has 1 heteroatoms. The highest BCUT2D eigenvalue weighted by atomic mass is 16.1. The molecule has 0 aliphatic carbocycles. The summed E-state index contributed by atoms with van der Waals surface area (Å²) in [5, 5.41) is 0. The van der Waals surface area contributed by atoms with Gasteiger partial charge in [-0.25, -0.2) is 0 Å². The smallest absolute Gasteiger partial charge is 0.119 e. The van der Waals surface area contributed by atoms with Crippen molar-refractivity contribution in [3.8, 4) is 0 Å². The number of hydrogen-bond acceptors (Lipinski definition) is 1. The molecule has 0 aliphatic rings. The third-order valence-corrected chi connectivity index (χ3v) is 5.22. The maximum atomic E-state index is 10.2. The second-order valence-electron chi connectivity index (χ2n) is 7.56. The van der Waals surface area contributed by atoms with E-state index in [0.717, 1.165) is 25.0 Å². The topological polar surface area (TPSA) is 17.1 Å². The molecule has 0 aromatic rings. The van der Waals surface area contributed by atoms with Crippen LogP contribution < -0.4 is 0 Å². The molecule has 0 saturated heterocycles. The van der Waals surface area contributed by atoms with Crippen molar-refractivity contribution in [2.75, 3.05) is 0 Å². The number of carbonyl (C=O) groups excluding carboxylic acids is 1. The molecule has 23 heavy (non-hydrogen) atoms. The van der Waals surface area contributed by atoms with Crippen LogP contribution in [0, 0.1) is 5.92 Å². The second kappa shape index (κ2) is 19.7. The Kier molecular flexibility index (Phi) is 19.4. The summed E-state index contributed by atoms with van der Waals surface area (Å²) in [7, 11) is 0. The monoisotopic (exact) mass is 324 g/mol. The van der Waals surface area contributed by atoms with E-state index in [1.807, 2.05) is 0 Å². The van der Waals surface area contributed by atoms with Crippen LogP contribution in [0.5, 0.6) is 0 Å². The summed E-state index contributed by atoms with van der Waals surface area (Å²) in [6.07, 6.45) is 25.5. The normalized spacial score (nSPS) is 12.4. The SMILES string of the molecule is CCC(C)CCCCCCCCCCCCCCCCCC=O. The molecule has 0 N–H and O–H groups in total. The summed E-state index contributed by atoms with van der Waals surface area (Å²) in [5.41, 5.74) is 0. The summed E-state index contributed by atoms with van der Waals surface area (Å²) < 4.78 is 0. The molecule has 138 valence electrons. The van der Waals surface area contributed by atoms with Crippen molar-refractivity contribution in [1.29, 1.82) is 0 Å². The van der Waals surface area contributed by atoms with Crippen LogP contribution in [0.1, 0.15) is 129 Å². The first-order chi connectivity index (χ1) is 11.3. The van der Waals surface area contributed by atoms with Crippen molar-refractivity contribution in [3.63, 3.8) is 0 Å². The van der Waals surface area contributed by atoms with E-state index in [1.165, 1.54) is 103 Å². The van der Waals surface area contributed by atoms with Gasteiger partial charge in [0.2, 0.25) is 0 Å². The first kappa shape index (κ1) is 22.7. The van der Waals surface area contributed by atoms with Crippen LogP contribution in [0.15, 0.2) is 0 Å². The van der Waals surface area contributed by atoms with E-state index in [2.05, 4.69) is 13.8 Å². The van der Waals surface area contributed by atoms with Crippen molar-refractivity contribution in [3.05, 3.63) is 0 Å². The van der Waals surface area contributed by atoms with Gasteiger partial charge in [-0.05, 0) is 12.3 Å². The molecular formula is C22H44O. The first-order valence-electron chi connectivity index (χ1n) is 10.7. The van der Waals surface area contributed by atoms with Gasteiger partial charge in [0.05, 0.1) is 0 Å². The molecule has 0 rings (SSSR count). The Balaban J connectivity index is 2.98. The van der Waals surface area contributed by atoms with Crippen LogP contribution >= 0.6 is 0 Å². The van der Waals surface area contributed by atoms with Crippen molar-refractivity contribution in [1.82, 2.24) is 0 Å². The van der Waals surface area contributed by atoms with Crippen molar-refractivity contribution in [2.45, 2.75) is 129 Å². The largest absolute Gasteiger partial charge is 0.303 e. The lowest BCUT2D eigenvalue weighted by atomic mass is 9.99. The first-order valence-corrected chi connectivity index (χ1v) is 10.7. The predicted molar refractivity (Wildman–Crippen MR) is 104 cm³/mol. The molecule has 0 heterocycles. The highest BCUT2D eigenvalue weighted by Crippen LogP contribution is 2.16. The predicted octanol–water partition coefficient (Wildman–Crippen LogP) is 7.86. The van der Waals surface area contributed by atoms with Crippen LogP contribution in [-0.2, 0) is 4.79 Å². The summed E-state index contributed by atoms with van der Waals surface area (Å²) in [4.78, 5) is 10.2. The molecule has 0 fully saturated rings. The lowest BCUT2D eigenvalue weighted by Gasteiger charge is -2.07. The third kappa shape index (κ3) is 19.6. The summed E-state index contributed by atoms with van der Waals surface area (Å²) >= 11 is 0. The second-order valence-corrected chi connectivity index (χ2v) is 7.56. The van der Waals surface area contributed by atoms with E-state index < -0.39 is 0 Å². The average molecular weight is 325 g/mol. The van der Waals surface area contributed by atoms with Crippen molar-refractivity contribution < 1.29 is 4.79 Å². The lowest BCUT2D eigenvalue weighted by molar-refractivity contribution is -0.107. The minimum Gasteiger partial charge on any atom is -0.303 e. The molecule has 0 aromatic carbocycles. The van der Waals surface area contributed by atoms with Gasteiger partial charge in [-0.15, -0.1) is 0 Å². The lowest BCUT2D eigenvalue weighted by Crippen LogP contribution is -1.91. The third-order valence-electron chi connectivity index (χ3n) is 5.22. The Labute approximate surface area is 147 Å². The van der Waals surface area contributed by atoms with Gasteiger partial charge >= 0.3 is 0 Å². The van der Waals surface area contributed by atoms with Crippen molar-refractivity contribution in [2.24, 2.45) is 5.92 Å². The Morgan fingerprint density at radius 3 is 1.30 bits per heavy atom. The van der Waals surface area contributed by atoms with Crippen LogP contribution in [0.2, 0.25) is 0 Å². The molecule has 1 atom stereocenters. The van der Waals surface area contributed by atoms with Crippen LogP contribution in [0.4, 0.5) is 0 Å². The molecule has 1 nitrogen and oxygen atoms in total.